The van der Waals surface area contributed by atoms with Crippen molar-refractivity contribution in [1.29, 1.82) is 0 Å². The van der Waals surface area contributed by atoms with Crippen molar-refractivity contribution in [2.24, 2.45) is 11.8 Å². The number of nitrogens with one attached hydrogen (secondary N) is 1. The van der Waals surface area contributed by atoms with E-state index in [-0.39, 0.29) is 0 Å². The van der Waals surface area contributed by atoms with E-state index in [1.165, 1.54) is 25.7 Å². The lowest BCUT2D eigenvalue weighted by atomic mass is 10.1. The number of hydrogen-bond donors (Lipinski definition) is 1. The molecule has 2 fully saturated rings. The Morgan fingerprint density at radius 1 is 1.24 bits per heavy atom. The third kappa shape index (κ3) is 2.21. The summed E-state index contributed by atoms with van der Waals surface area (Å²) in [5.74, 6) is 3.35. The van der Waals surface area contributed by atoms with E-state index in [4.69, 9.17) is 4.74 Å². The van der Waals surface area contributed by atoms with Gasteiger partial charge >= 0.3 is 0 Å². The molecule has 2 aliphatic carbocycles. The Balaban J connectivity index is 1.78. The highest BCUT2D eigenvalue weighted by atomic mass is 16.5. The maximum Gasteiger partial charge on any atom is 0.221 e. The molecule has 0 atom stereocenters. The number of ether oxygens (including phenoxy) is 1. The minimum Gasteiger partial charge on any atom is -0.481 e. The van der Waals surface area contributed by atoms with Crippen LogP contribution in [0.1, 0.15) is 31.2 Å². The summed E-state index contributed by atoms with van der Waals surface area (Å²) in [4.78, 5) is 8.46. The molecule has 4 nitrogen and oxygen atoms in total. The molecule has 2 saturated carbocycles. The van der Waals surface area contributed by atoms with Gasteiger partial charge in [0.2, 0.25) is 5.88 Å². The zero-order valence-corrected chi connectivity index (χ0v) is 10.4. The highest BCUT2D eigenvalue weighted by Crippen LogP contribution is 2.46. The zero-order valence-electron chi connectivity index (χ0n) is 10.4. The molecule has 0 aromatic carbocycles. The minimum atomic E-state index is 0.619. The van der Waals surface area contributed by atoms with Crippen LogP contribution in [0.15, 0.2) is 6.33 Å². The lowest BCUT2D eigenvalue weighted by Gasteiger charge is -2.19. The molecule has 2 aliphatic rings. The fourth-order valence-electron chi connectivity index (χ4n) is 2.47. The molecule has 0 saturated heterocycles. The lowest BCUT2D eigenvalue weighted by Crippen LogP contribution is -2.25. The van der Waals surface area contributed by atoms with Gasteiger partial charge in [0.25, 0.3) is 0 Å². The standard InChI is InChI=1S/C13H19N3O/c1-8-12(14-7-15-13(8)17-2)16-11(9-3-4-9)10-5-6-10/h7,9-11H,3-6H2,1-2H3,(H,14,15,16). The fraction of sp³-hybridized carbons (Fsp3) is 0.692. The fourth-order valence-corrected chi connectivity index (χ4v) is 2.47. The molecule has 4 heteroatoms. The molecule has 92 valence electrons. The van der Waals surface area contributed by atoms with Crippen LogP contribution in [0.4, 0.5) is 5.82 Å². The summed E-state index contributed by atoms with van der Waals surface area (Å²) in [5.41, 5.74) is 1.02. The van der Waals surface area contributed by atoms with Crippen molar-refractivity contribution >= 4 is 5.82 Å². The quantitative estimate of drug-likeness (QED) is 0.848. The third-order valence-corrected chi connectivity index (χ3v) is 3.79. The first-order valence-electron chi connectivity index (χ1n) is 6.41. The van der Waals surface area contributed by atoms with E-state index in [9.17, 15) is 0 Å². The van der Waals surface area contributed by atoms with Crippen LogP contribution in [0.5, 0.6) is 5.88 Å². The topological polar surface area (TPSA) is 47.0 Å². The molecule has 0 amide bonds. The monoisotopic (exact) mass is 233 g/mol. The van der Waals surface area contributed by atoms with Gasteiger partial charge in [0.1, 0.15) is 12.1 Å². The molecule has 1 heterocycles. The Labute approximate surface area is 102 Å². The highest BCUT2D eigenvalue weighted by molar-refractivity contribution is 5.48. The van der Waals surface area contributed by atoms with Crippen LogP contribution in [0, 0.1) is 18.8 Å². The van der Waals surface area contributed by atoms with Gasteiger partial charge in [-0.05, 0) is 44.4 Å². The van der Waals surface area contributed by atoms with E-state index in [1.807, 2.05) is 6.92 Å². The maximum absolute atomic E-state index is 5.23. The minimum absolute atomic E-state index is 0.619. The van der Waals surface area contributed by atoms with Gasteiger partial charge < -0.3 is 10.1 Å². The Bertz CT molecular complexity index is 401. The highest BCUT2D eigenvalue weighted by Gasteiger charge is 2.41. The Kier molecular flexibility index (Phi) is 2.65. The SMILES string of the molecule is COc1ncnc(NC(C2CC2)C2CC2)c1C. The molecule has 0 unspecified atom stereocenters. The molecule has 0 radical (unpaired) electrons. The van der Waals surface area contributed by atoms with E-state index in [0.717, 1.165) is 23.2 Å². The Morgan fingerprint density at radius 2 is 1.88 bits per heavy atom. The molecule has 1 N–H and O–H groups in total. The van der Waals surface area contributed by atoms with Crippen molar-refractivity contribution < 1.29 is 4.74 Å². The van der Waals surface area contributed by atoms with Crippen LogP contribution < -0.4 is 10.1 Å². The second-order valence-electron chi connectivity index (χ2n) is 5.20. The molecular weight excluding hydrogens is 214 g/mol. The van der Waals surface area contributed by atoms with Crippen LogP contribution in [-0.2, 0) is 0 Å². The summed E-state index contributed by atoms with van der Waals surface area (Å²) in [7, 11) is 1.65. The maximum atomic E-state index is 5.23. The van der Waals surface area contributed by atoms with E-state index in [0.29, 0.717) is 11.9 Å². The molecule has 1 aromatic rings. The number of methoxy groups -OCH3 is 1. The van der Waals surface area contributed by atoms with E-state index in [1.54, 1.807) is 13.4 Å². The van der Waals surface area contributed by atoms with Gasteiger partial charge in [0.05, 0.1) is 12.7 Å². The van der Waals surface area contributed by atoms with E-state index < -0.39 is 0 Å². The first-order valence-corrected chi connectivity index (χ1v) is 6.41. The normalized spacial score (nSPS) is 19.5. The van der Waals surface area contributed by atoms with E-state index >= 15 is 0 Å². The Morgan fingerprint density at radius 3 is 2.41 bits per heavy atom. The molecule has 3 rings (SSSR count). The average Bonchev–Trinajstić information content (AvgIpc) is 3.19. The molecule has 0 aliphatic heterocycles. The first-order chi connectivity index (χ1) is 8.29. The van der Waals surface area contributed by atoms with Crippen LogP contribution in [0.2, 0.25) is 0 Å². The van der Waals surface area contributed by atoms with Gasteiger partial charge in [-0.15, -0.1) is 0 Å². The number of anilines is 1. The van der Waals surface area contributed by atoms with Crippen molar-refractivity contribution in [3.05, 3.63) is 11.9 Å². The number of nitrogens with zero attached hydrogens (tertiary/aromatic N) is 2. The third-order valence-electron chi connectivity index (χ3n) is 3.79. The summed E-state index contributed by atoms with van der Waals surface area (Å²) in [5, 5.41) is 3.61. The van der Waals surface area contributed by atoms with Gasteiger partial charge in [-0.2, -0.15) is 0 Å². The zero-order chi connectivity index (χ0) is 11.8. The van der Waals surface area contributed by atoms with Crippen LogP contribution in [-0.4, -0.2) is 23.1 Å². The molecular formula is C13H19N3O. The number of rotatable bonds is 5. The first kappa shape index (κ1) is 10.8. The summed E-state index contributed by atoms with van der Waals surface area (Å²) in [6.07, 6.45) is 7.06. The van der Waals surface area contributed by atoms with Crippen LogP contribution in [0.25, 0.3) is 0 Å². The van der Waals surface area contributed by atoms with Crippen molar-refractivity contribution in [3.8, 4) is 5.88 Å². The second-order valence-corrected chi connectivity index (χ2v) is 5.20. The molecule has 0 bridgehead atoms. The summed E-state index contributed by atoms with van der Waals surface area (Å²) < 4.78 is 5.23. The Hall–Kier alpha value is -1.32. The van der Waals surface area contributed by atoms with Gasteiger partial charge in [0, 0.05) is 6.04 Å². The van der Waals surface area contributed by atoms with Crippen LogP contribution >= 0.6 is 0 Å². The molecule has 0 spiro atoms. The average molecular weight is 233 g/mol. The predicted molar refractivity (Wildman–Crippen MR) is 66.2 cm³/mol. The van der Waals surface area contributed by atoms with Gasteiger partial charge in [0.15, 0.2) is 0 Å². The summed E-state index contributed by atoms with van der Waals surface area (Å²) in [6.45, 7) is 2.01. The van der Waals surface area contributed by atoms with Crippen molar-refractivity contribution in [3.63, 3.8) is 0 Å². The van der Waals surface area contributed by atoms with Crippen LogP contribution in [0.3, 0.4) is 0 Å². The van der Waals surface area contributed by atoms with Gasteiger partial charge in [-0.3, -0.25) is 0 Å². The largest absolute Gasteiger partial charge is 0.481 e. The summed E-state index contributed by atoms with van der Waals surface area (Å²) in [6, 6.07) is 0.619. The van der Waals surface area contributed by atoms with Crippen molar-refractivity contribution in [1.82, 2.24) is 9.97 Å². The summed E-state index contributed by atoms with van der Waals surface area (Å²) >= 11 is 0. The number of aromatic nitrogens is 2. The second kappa shape index (κ2) is 4.17. The lowest BCUT2D eigenvalue weighted by molar-refractivity contribution is 0.393. The van der Waals surface area contributed by atoms with Crippen molar-refractivity contribution in [2.45, 2.75) is 38.6 Å². The molecule has 1 aromatic heterocycles. The van der Waals surface area contributed by atoms with E-state index in [2.05, 4.69) is 15.3 Å². The predicted octanol–water partition coefficient (Wildman–Crippen LogP) is 2.39. The van der Waals surface area contributed by atoms with Gasteiger partial charge in [-0.25, -0.2) is 9.97 Å². The molecule has 17 heavy (non-hydrogen) atoms. The smallest absolute Gasteiger partial charge is 0.221 e. The number of hydrogen-bond acceptors (Lipinski definition) is 4. The van der Waals surface area contributed by atoms with Gasteiger partial charge in [-0.1, -0.05) is 0 Å². The van der Waals surface area contributed by atoms with Crippen molar-refractivity contribution in [2.75, 3.05) is 12.4 Å².